The molecule has 2 heterocycles. The SMILES string of the molecule is [Se]c1c(-c2ccccc2)cccc1-c1cccc2c(-c3nc(-c4ccccc4)nc(-c4cccc5oc6ccccc6c45)n3)cccc12. The van der Waals surface area contributed by atoms with Crippen LogP contribution in [-0.2, 0) is 0 Å². The van der Waals surface area contributed by atoms with Crippen LogP contribution in [0.1, 0.15) is 0 Å². The fourth-order valence-electron chi connectivity index (χ4n) is 6.63. The Morgan fingerprint density at radius 1 is 0.354 bits per heavy atom. The monoisotopic (exact) mass is 680 g/mol. The molecule has 0 unspecified atom stereocenters. The summed E-state index contributed by atoms with van der Waals surface area (Å²) >= 11 is 3.38. The van der Waals surface area contributed by atoms with Crippen molar-refractivity contribution in [1.29, 1.82) is 0 Å². The number of benzene rings is 7. The number of fused-ring (bicyclic) bond motifs is 4. The van der Waals surface area contributed by atoms with Gasteiger partial charge in [-0.1, -0.05) is 24.3 Å². The number of rotatable bonds is 5. The van der Waals surface area contributed by atoms with E-state index in [1.54, 1.807) is 0 Å². The molecular weight excluding hydrogens is 653 g/mol. The van der Waals surface area contributed by atoms with Gasteiger partial charge < -0.3 is 4.42 Å². The van der Waals surface area contributed by atoms with Crippen molar-refractivity contribution in [2.75, 3.05) is 0 Å². The summed E-state index contributed by atoms with van der Waals surface area (Å²) in [5.41, 5.74) is 9.07. The van der Waals surface area contributed by atoms with E-state index in [0.29, 0.717) is 17.5 Å². The van der Waals surface area contributed by atoms with Gasteiger partial charge in [0.2, 0.25) is 0 Å². The summed E-state index contributed by atoms with van der Waals surface area (Å²) in [6.07, 6.45) is 0. The second-order valence-corrected chi connectivity index (χ2v) is 12.6. The van der Waals surface area contributed by atoms with Crippen LogP contribution < -0.4 is 4.46 Å². The average Bonchev–Trinajstić information content (AvgIpc) is 3.54. The van der Waals surface area contributed by atoms with E-state index in [9.17, 15) is 0 Å². The van der Waals surface area contributed by atoms with Crippen LogP contribution in [0.3, 0.4) is 0 Å². The Bertz CT molecular complexity index is 2630. The molecule has 7 aromatic carbocycles. The van der Waals surface area contributed by atoms with Crippen LogP contribution in [0.15, 0.2) is 162 Å². The molecular formula is C43H26N3OSe. The molecule has 0 saturated heterocycles. The Morgan fingerprint density at radius 2 is 0.854 bits per heavy atom. The molecule has 4 nitrogen and oxygen atoms in total. The minimum absolute atomic E-state index is 0.602. The van der Waals surface area contributed by atoms with Crippen molar-refractivity contribution in [3.8, 4) is 56.4 Å². The van der Waals surface area contributed by atoms with E-state index in [0.717, 1.165) is 65.0 Å². The number of nitrogens with zero attached hydrogens (tertiary/aromatic N) is 3. The third-order valence-corrected chi connectivity index (χ3v) is 9.79. The van der Waals surface area contributed by atoms with E-state index >= 15 is 0 Å². The van der Waals surface area contributed by atoms with E-state index in [1.807, 2.05) is 66.7 Å². The summed E-state index contributed by atoms with van der Waals surface area (Å²) in [4.78, 5) is 15.4. The molecule has 0 aliphatic heterocycles. The molecule has 0 spiro atoms. The van der Waals surface area contributed by atoms with Crippen molar-refractivity contribution < 1.29 is 4.42 Å². The first-order valence-corrected chi connectivity index (χ1v) is 16.7. The van der Waals surface area contributed by atoms with Crippen molar-refractivity contribution in [2.24, 2.45) is 0 Å². The van der Waals surface area contributed by atoms with Gasteiger partial charge in [-0.15, -0.1) is 0 Å². The predicted molar refractivity (Wildman–Crippen MR) is 197 cm³/mol. The van der Waals surface area contributed by atoms with Gasteiger partial charge >= 0.3 is 240 Å². The van der Waals surface area contributed by atoms with Gasteiger partial charge in [0.15, 0.2) is 0 Å². The van der Waals surface area contributed by atoms with E-state index < -0.39 is 0 Å². The van der Waals surface area contributed by atoms with Gasteiger partial charge in [-0.25, -0.2) is 0 Å². The van der Waals surface area contributed by atoms with Crippen molar-refractivity contribution in [1.82, 2.24) is 15.0 Å². The van der Waals surface area contributed by atoms with E-state index in [-0.39, 0.29) is 0 Å². The van der Waals surface area contributed by atoms with Gasteiger partial charge in [0.05, 0.1) is 0 Å². The molecule has 2 aromatic heterocycles. The van der Waals surface area contributed by atoms with Crippen molar-refractivity contribution in [3.05, 3.63) is 158 Å². The van der Waals surface area contributed by atoms with Gasteiger partial charge in [-0.2, -0.15) is 0 Å². The first-order chi connectivity index (χ1) is 23.7. The third kappa shape index (κ3) is 4.80. The fourth-order valence-corrected chi connectivity index (χ4v) is 7.39. The maximum atomic E-state index is 6.23. The molecule has 9 rings (SSSR count). The Balaban J connectivity index is 1.27. The Morgan fingerprint density at radius 3 is 1.65 bits per heavy atom. The Kier molecular flexibility index (Phi) is 6.93. The van der Waals surface area contributed by atoms with E-state index in [4.69, 9.17) is 19.4 Å². The summed E-state index contributed by atoms with van der Waals surface area (Å²) in [6, 6.07) is 54.1. The second-order valence-electron chi connectivity index (χ2n) is 11.7. The quantitative estimate of drug-likeness (QED) is 0.170. The molecule has 5 heteroatoms. The summed E-state index contributed by atoms with van der Waals surface area (Å²) in [5, 5.41) is 4.23. The first kappa shape index (κ1) is 28.4. The summed E-state index contributed by atoms with van der Waals surface area (Å²) in [7, 11) is 0. The molecule has 9 aromatic rings. The van der Waals surface area contributed by atoms with Crippen LogP contribution in [0.2, 0.25) is 0 Å². The summed E-state index contributed by atoms with van der Waals surface area (Å²) < 4.78 is 7.35. The zero-order valence-corrected chi connectivity index (χ0v) is 27.4. The number of aromatic nitrogens is 3. The van der Waals surface area contributed by atoms with Gasteiger partial charge in [0.25, 0.3) is 0 Å². The minimum atomic E-state index is 0.602. The standard InChI is InChI=1S/C43H26N3OSe/c48-40-29(27-13-3-1-4-14-27)18-9-22-33(40)31-20-10-21-32-30(31)19-11-23-34(32)42-44-41(28-15-5-2-6-16-28)45-43(46-42)36-24-12-26-38-39(36)35-17-7-8-25-37(35)47-38/h1-26H. The van der Waals surface area contributed by atoms with Crippen LogP contribution in [0, 0.1) is 0 Å². The molecule has 0 aliphatic rings. The van der Waals surface area contributed by atoms with Crippen LogP contribution in [0.25, 0.3) is 89.1 Å². The molecule has 0 atom stereocenters. The molecule has 0 amide bonds. The maximum absolute atomic E-state index is 6.23. The average molecular weight is 680 g/mol. The van der Waals surface area contributed by atoms with Gasteiger partial charge in [-0.3, -0.25) is 0 Å². The first-order valence-electron chi connectivity index (χ1n) is 15.8. The Hall–Kier alpha value is -5.87. The molecule has 0 saturated carbocycles. The molecule has 1 radical (unpaired) electrons. The van der Waals surface area contributed by atoms with Crippen LogP contribution in [-0.4, -0.2) is 31.0 Å². The zero-order chi connectivity index (χ0) is 32.0. The van der Waals surface area contributed by atoms with E-state index in [2.05, 4.69) is 107 Å². The molecule has 0 bridgehead atoms. The molecule has 225 valence electrons. The molecule has 0 N–H and O–H groups in total. The Labute approximate surface area is 285 Å². The molecule has 48 heavy (non-hydrogen) atoms. The van der Waals surface area contributed by atoms with Crippen LogP contribution in [0.4, 0.5) is 0 Å². The summed E-state index contributed by atoms with van der Waals surface area (Å²) in [5.74, 6) is 1.84. The van der Waals surface area contributed by atoms with E-state index in [1.165, 1.54) is 11.1 Å². The van der Waals surface area contributed by atoms with Crippen LogP contribution >= 0.6 is 0 Å². The zero-order valence-electron chi connectivity index (χ0n) is 25.7. The second kappa shape index (κ2) is 11.7. The summed E-state index contributed by atoms with van der Waals surface area (Å²) in [6.45, 7) is 0. The van der Waals surface area contributed by atoms with Gasteiger partial charge in [0, 0.05) is 0 Å². The molecule has 0 aliphatic carbocycles. The van der Waals surface area contributed by atoms with Gasteiger partial charge in [-0.05, 0) is 12.1 Å². The van der Waals surface area contributed by atoms with Crippen molar-refractivity contribution in [3.63, 3.8) is 0 Å². The topological polar surface area (TPSA) is 51.8 Å². The van der Waals surface area contributed by atoms with Crippen molar-refractivity contribution in [2.45, 2.75) is 0 Å². The van der Waals surface area contributed by atoms with Gasteiger partial charge in [0.1, 0.15) is 5.58 Å². The normalized spacial score (nSPS) is 11.4. The predicted octanol–water partition coefficient (Wildman–Crippen LogP) is 10.1. The number of furan rings is 1. The molecule has 0 fully saturated rings. The van der Waals surface area contributed by atoms with Crippen LogP contribution in [0.5, 0.6) is 0 Å². The fraction of sp³-hybridized carbons (Fsp3) is 0. The number of para-hydroxylation sites is 1. The number of hydrogen-bond acceptors (Lipinski definition) is 4. The van der Waals surface area contributed by atoms with Crippen molar-refractivity contribution >= 4 is 53.2 Å². The third-order valence-electron chi connectivity index (χ3n) is 8.86. The number of hydrogen-bond donors (Lipinski definition) is 0.